The Labute approximate surface area is 150 Å². The van der Waals surface area contributed by atoms with Gasteiger partial charge in [-0.25, -0.2) is 5.10 Å². The van der Waals surface area contributed by atoms with Gasteiger partial charge in [0.05, 0.1) is 0 Å². The van der Waals surface area contributed by atoms with Crippen molar-refractivity contribution in [1.82, 2.24) is 20.6 Å². The first kappa shape index (κ1) is 17.3. The van der Waals surface area contributed by atoms with Crippen molar-refractivity contribution in [3.63, 3.8) is 0 Å². The summed E-state index contributed by atoms with van der Waals surface area (Å²) < 4.78 is 6.00. The van der Waals surface area contributed by atoms with Crippen LogP contribution in [0.1, 0.15) is 30.0 Å². The highest BCUT2D eigenvalue weighted by Gasteiger charge is 2.10. The Hall–Kier alpha value is -2.54. The summed E-state index contributed by atoms with van der Waals surface area (Å²) in [5.74, 6) is 1.62. The molecule has 0 saturated carbocycles. The minimum atomic E-state index is 0.168. The van der Waals surface area contributed by atoms with Gasteiger partial charge in [-0.1, -0.05) is 49.4 Å². The van der Waals surface area contributed by atoms with Crippen molar-refractivity contribution in [1.29, 1.82) is 0 Å². The predicted octanol–water partition coefficient (Wildman–Crippen LogP) is 3.53. The summed E-state index contributed by atoms with van der Waals surface area (Å²) in [6.45, 7) is 2.51. The van der Waals surface area contributed by atoms with Gasteiger partial charge in [0, 0.05) is 17.4 Å². The molecule has 6 nitrogen and oxygen atoms in total. The van der Waals surface area contributed by atoms with Gasteiger partial charge in [0.2, 0.25) is 5.16 Å². The number of hydrogen-bond donors (Lipinski definition) is 2. The summed E-state index contributed by atoms with van der Waals surface area (Å²) in [5, 5.41) is 24.5. The average molecular weight is 355 g/mol. The van der Waals surface area contributed by atoms with E-state index >= 15 is 0 Å². The van der Waals surface area contributed by atoms with Crippen LogP contribution in [0.4, 0.5) is 0 Å². The molecule has 0 fully saturated rings. The van der Waals surface area contributed by atoms with Gasteiger partial charge in [-0.15, -0.1) is 5.10 Å². The van der Waals surface area contributed by atoms with E-state index in [1.54, 1.807) is 6.07 Å². The molecule has 3 aromatic rings. The van der Waals surface area contributed by atoms with E-state index < -0.39 is 0 Å². The second kappa shape index (κ2) is 8.53. The topological polar surface area (TPSA) is 83.9 Å². The van der Waals surface area contributed by atoms with Gasteiger partial charge in [0.15, 0.2) is 0 Å². The third-order valence-electron chi connectivity index (χ3n) is 3.73. The van der Waals surface area contributed by atoms with E-state index in [0.29, 0.717) is 17.5 Å². The largest absolute Gasteiger partial charge is 0.507 e. The lowest BCUT2D eigenvalue weighted by Crippen LogP contribution is -2.02. The summed E-state index contributed by atoms with van der Waals surface area (Å²) in [6, 6.07) is 14.5. The minimum absolute atomic E-state index is 0.168. The Kier molecular flexibility index (Phi) is 5.90. The van der Waals surface area contributed by atoms with Gasteiger partial charge in [-0.05, 0) is 40.1 Å². The fourth-order valence-corrected chi connectivity index (χ4v) is 3.25. The van der Waals surface area contributed by atoms with E-state index in [4.69, 9.17) is 4.74 Å². The Morgan fingerprint density at radius 1 is 1.24 bits per heavy atom. The monoisotopic (exact) mass is 355 g/mol. The van der Waals surface area contributed by atoms with E-state index in [0.717, 1.165) is 35.3 Å². The van der Waals surface area contributed by atoms with E-state index in [1.165, 1.54) is 11.8 Å². The van der Waals surface area contributed by atoms with Crippen molar-refractivity contribution in [2.24, 2.45) is 0 Å². The van der Waals surface area contributed by atoms with Crippen LogP contribution in [-0.2, 0) is 18.8 Å². The Balaban J connectivity index is 1.70. The molecule has 0 aliphatic rings. The van der Waals surface area contributed by atoms with Crippen LogP contribution in [0.3, 0.4) is 0 Å². The highest BCUT2D eigenvalue weighted by atomic mass is 32.2. The molecule has 7 heteroatoms. The molecule has 1 aromatic heterocycles. The number of nitrogens with one attached hydrogen (secondary N) is 1. The molecule has 3 rings (SSSR count). The smallest absolute Gasteiger partial charge is 0.207 e. The highest BCUT2D eigenvalue weighted by Crippen LogP contribution is 2.29. The van der Waals surface area contributed by atoms with Gasteiger partial charge in [-0.2, -0.15) is 0 Å². The number of thioether (sulfide) groups is 1. The van der Waals surface area contributed by atoms with Crippen LogP contribution < -0.4 is 4.74 Å². The lowest BCUT2D eigenvalue weighted by atomic mass is 10.1. The molecule has 0 unspecified atom stereocenters. The summed E-state index contributed by atoms with van der Waals surface area (Å²) in [4.78, 5) is 0. The van der Waals surface area contributed by atoms with Crippen molar-refractivity contribution < 1.29 is 9.84 Å². The molecule has 0 atom stereocenters. The van der Waals surface area contributed by atoms with Crippen LogP contribution in [0.5, 0.6) is 11.5 Å². The molecule has 1 heterocycles. The number of phenols is 1. The van der Waals surface area contributed by atoms with Crippen LogP contribution in [0.25, 0.3) is 0 Å². The lowest BCUT2D eigenvalue weighted by Gasteiger charge is -2.14. The number of nitrogens with zero attached hydrogens (tertiary/aromatic N) is 3. The quantitative estimate of drug-likeness (QED) is 0.602. The maximum Gasteiger partial charge on any atom is 0.207 e. The summed E-state index contributed by atoms with van der Waals surface area (Å²) in [6.07, 6.45) is 1.69. The van der Waals surface area contributed by atoms with Crippen LogP contribution in [0.15, 0.2) is 41.6 Å². The maximum atomic E-state index is 10.0. The van der Waals surface area contributed by atoms with Gasteiger partial charge in [-0.3, -0.25) is 0 Å². The third-order valence-corrected chi connectivity index (χ3v) is 4.63. The second-order valence-electron chi connectivity index (χ2n) is 5.47. The van der Waals surface area contributed by atoms with Crippen LogP contribution >= 0.6 is 11.8 Å². The van der Waals surface area contributed by atoms with Crippen LogP contribution in [-0.4, -0.2) is 25.7 Å². The first-order valence-electron chi connectivity index (χ1n) is 8.06. The van der Waals surface area contributed by atoms with E-state index in [-0.39, 0.29) is 5.75 Å². The van der Waals surface area contributed by atoms with E-state index in [1.807, 2.05) is 24.3 Å². The standard InChI is InChI=1S/C18H19N4O2S/c1-2-6-15-16(23)9-5-10-17(15)24-11-13-7-3-4-8-14(13)12-25-18-19-21-22-20-18/h3-5,7-8,10,23H,2,6,11-12H2,1H3,(H,19,20,21,22). The van der Waals surface area contributed by atoms with Gasteiger partial charge >= 0.3 is 0 Å². The first-order chi connectivity index (χ1) is 12.3. The third kappa shape index (κ3) is 4.51. The molecule has 2 N–H and O–H groups in total. The van der Waals surface area contributed by atoms with Gasteiger partial charge in [0.25, 0.3) is 0 Å². The number of hydrogen-bond acceptors (Lipinski definition) is 6. The van der Waals surface area contributed by atoms with Crippen molar-refractivity contribution in [3.8, 4) is 11.5 Å². The molecule has 0 saturated heterocycles. The molecule has 0 bridgehead atoms. The van der Waals surface area contributed by atoms with Crippen molar-refractivity contribution in [2.45, 2.75) is 37.3 Å². The van der Waals surface area contributed by atoms with Crippen molar-refractivity contribution >= 4 is 11.8 Å². The number of benzene rings is 2. The number of phenolic OH excluding ortho intramolecular Hbond substituents is 1. The summed E-state index contributed by atoms with van der Waals surface area (Å²) in [5.41, 5.74) is 3.06. The molecule has 0 aliphatic carbocycles. The van der Waals surface area contributed by atoms with Gasteiger partial charge < -0.3 is 9.84 Å². The second-order valence-corrected chi connectivity index (χ2v) is 6.44. The average Bonchev–Trinajstić information content (AvgIpc) is 3.15. The molecule has 0 amide bonds. The molecule has 0 spiro atoms. The Morgan fingerprint density at radius 3 is 2.84 bits per heavy atom. The number of tetrazole rings is 1. The fourth-order valence-electron chi connectivity index (χ4n) is 2.48. The molecule has 1 radical (unpaired) electrons. The lowest BCUT2D eigenvalue weighted by molar-refractivity contribution is 0.299. The Bertz CT molecular complexity index is 809. The first-order valence-corrected chi connectivity index (χ1v) is 9.05. The highest BCUT2D eigenvalue weighted by molar-refractivity contribution is 7.98. The van der Waals surface area contributed by atoms with Crippen molar-refractivity contribution in [3.05, 3.63) is 59.2 Å². The zero-order chi connectivity index (χ0) is 17.5. The van der Waals surface area contributed by atoms with E-state index in [2.05, 4.69) is 39.7 Å². The number of aromatic amines is 1. The molecule has 2 aromatic carbocycles. The minimum Gasteiger partial charge on any atom is -0.507 e. The predicted molar refractivity (Wildman–Crippen MR) is 95.5 cm³/mol. The van der Waals surface area contributed by atoms with Gasteiger partial charge in [0.1, 0.15) is 18.1 Å². The summed E-state index contributed by atoms with van der Waals surface area (Å²) >= 11 is 1.54. The maximum absolute atomic E-state index is 10.0. The molecule has 25 heavy (non-hydrogen) atoms. The van der Waals surface area contributed by atoms with Crippen LogP contribution in [0, 0.1) is 6.07 Å². The van der Waals surface area contributed by atoms with E-state index in [9.17, 15) is 5.11 Å². The van der Waals surface area contributed by atoms with Crippen molar-refractivity contribution in [2.75, 3.05) is 0 Å². The number of aromatic nitrogens is 4. The fraction of sp³-hybridized carbons (Fsp3) is 0.278. The zero-order valence-corrected chi connectivity index (χ0v) is 14.7. The number of ether oxygens (including phenoxy) is 1. The Morgan fingerprint density at radius 2 is 2.08 bits per heavy atom. The number of H-pyrrole nitrogens is 1. The number of rotatable bonds is 8. The SMILES string of the molecule is CCCc1c(O)[c]ccc1OCc1ccccc1CSc1nnn[nH]1. The zero-order valence-electron chi connectivity index (χ0n) is 13.9. The molecule has 129 valence electrons. The summed E-state index contributed by atoms with van der Waals surface area (Å²) in [7, 11) is 0. The molecular weight excluding hydrogens is 336 g/mol. The molecule has 0 aliphatic heterocycles. The van der Waals surface area contributed by atoms with Crippen LogP contribution in [0.2, 0.25) is 0 Å². The molecular formula is C18H19N4O2S. The normalized spacial score (nSPS) is 10.8. The number of aromatic hydroxyl groups is 1.